The summed E-state index contributed by atoms with van der Waals surface area (Å²) in [6.07, 6.45) is 43.8. The maximum atomic E-state index is 13.2. The van der Waals surface area contributed by atoms with Crippen molar-refractivity contribution in [3.05, 3.63) is 0 Å². The molecule has 0 saturated heterocycles. The molecule has 2 atom stereocenters. The van der Waals surface area contributed by atoms with Crippen molar-refractivity contribution in [2.75, 3.05) is 46.9 Å². The fourth-order valence-corrected chi connectivity index (χ4v) is 8.53. The second-order valence-corrected chi connectivity index (χ2v) is 19.2. The van der Waals surface area contributed by atoms with Gasteiger partial charge in [0.15, 0.2) is 0 Å². The van der Waals surface area contributed by atoms with E-state index in [0.29, 0.717) is 44.3 Å². The molecule has 0 radical (unpaired) electrons. The number of nitrogens with zero attached hydrogens (tertiary/aromatic N) is 2. The summed E-state index contributed by atoms with van der Waals surface area (Å²) in [6.45, 7) is 12.8. The minimum absolute atomic E-state index is 0.0118. The number of likely N-dealkylation sites (N-methyl/N-ethyl adjacent to an activating group) is 1. The van der Waals surface area contributed by atoms with E-state index in [4.69, 9.17) is 9.47 Å². The van der Waals surface area contributed by atoms with Gasteiger partial charge in [0, 0.05) is 38.9 Å². The summed E-state index contributed by atoms with van der Waals surface area (Å²) in [4.78, 5) is 42.6. The Hall–Kier alpha value is -1.63. The number of carbonyl (C=O) groups excluding carboxylic acids is 3. The van der Waals surface area contributed by atoms with Crippen LogP contribution in [-0.2, 0) is 23.9 Å². The fraction of sp³-hybridized carbons (Fsp3) is 0.944. The Balaban J connectivity index is 4.27. The number of esters is 2. The first kappa shape index (κ1) is 59.4. The minimum atomic E-state index is -0.0288. The summed E-state index contributed by atoms with van der Waals surface area (Å²) in [7, 11) is 4.14. The molecule has 1 amide bonds. The second-order valence-electron chi connectivity index (χ2n) is 19.2. The van der Waals surface area contributed by atoms with Gasteiger partial charge in [-0.25, -0.2) is 0 Å². The average Bonchev–Trinajstić information content (AvgIpc) is 3.25. The lowest BCUT2D eigenvalue weighted by Crippen LogP contribution is -2.37. The first-order valence-electron chi connectivity index (χ1n) is 27.0. The predicted molar refractivity (Wildman–Crippen MR) is 262 cm³/mol. The van der Waals surface area contributed by atoms with Gasteiger partial charge < -0.3 is 19.3 Å². The third kappa shape index (κ3) is 42.1. The van der Waals surface area contributed by atoms with Crippen LogP contribution in [-0.4, -0.2) is 74.6 Å². The number of rotatable bonds is 48. The summed E-state index contributed by atoms with van der Waals surface area (Å²) in [5.41, 5.74) is 0. The second kappa shape index (κ2) is 46.4. The lowest BCUT2D eigenvalue weighted by molar-refractivity contribution is -0.146. The van der Waals surface area contributed by atoms with Crippen molar-refractivity contribution in [2.24, 2.45) is 11.8 Å². The van der Waals surface area contributed by atoms with Crippen LogP contribution in [0.1, 0.15) is 272 Å². The monoisotopic (exact) mass is 863 g/mol. The maximum absolute atomic E-state index is 13.2. The van der Waals surface area contributed by atoms with Crippen LogP contribution >= 0.6 is 0 Å². The molecule has 0 aliphatic heterocycles. The summed E-state index contributed by atoms with van der Waals surface area (Å²) >= 11 is 0. The molecule has 7 heteroatoms. The van der Waals surface area contributed by atoms with Crippen molar-refractivity contribution in [1.29, 1.82) is 0 Å². The van der Waals surface area contributed by atoms with E-state index in [9.17, 15) is 14.4 Å². The number of amides is 1. The van der Waals surface area contributed by atoms with Gasteiger partial charge in [-0.05, 0) is 77.3 Å². The zero-order chi connectivity index (χ0) is 44.9. The van der Waals surface area contributed by atoms with Crippen molar-refractivity contribution < 1.29 is 23.9 Å². The Morgan fingerprint density at radius 3 is 1.05 bits per heavy atom. The van der Waals surface area contributed by atoms with Gasteiger partial charge >= 0.3 is 11.9 Å². The third-order valence-electron chi connectivity index (χ3n) is 12.8. The molecule has 0 spiro atoms. The molecule has 0 heterocycles. The number of ether oxygens (including phenoxy) is 2. The molecule has 362 valence electrons. The van der Waals surface area contributed by atoms with E-state index in [1.165, 1.54) is 154 Å². The van der Waals surface area contributed by atoms with E-state index < -0.39 is 0 Å². The highest BCUT2D eigenvalue weighted by Crippen LogP contribution is 2.22. The van der Waals surface area contributed by atoms with Crippen molar-refractivity contribution in [3.63, 3.8) is 0 Å². The minimum Gasteiger partial charge on any atom is -0.465 e. The molecule has 0 N–H and O–H groups in total. The Labute approximate surface area is 380 Å². The first-order chi connectivity index (χ1) is 29.8. The van der Waals surface area contributed by atoms with Crippen LogP contribution in [0.25, 0.3) is 0 Å². The van der Waals surface area contributed by atoms with Crippen LogP contribution in [0.15, 0.2) is 0 Å². The molecule has 0 aromatic carbocycles. The highest BCUT2D eigenvalue weighted by atomic mass is 16.5. The SMILES string of the molecule is CCCCCCCCC(CCCCCC)COC(=O)CCCCCCCCN(CCN(C)C)C(=O)CCCCCCCC(=O)OCC(CCCCCC)CCCCCCCC. The van der Waals surface area contributed by atoms with Crippen molar-refractivity contribution in [2.45, 2.75) is 272 Å². The number of carbonyl (C=O) groups is 3. The molecule has 7 nitrogen and oxygen atoms in total. The molecular weight excluding hydrogens is 757 g/mol. The smallest absolute Gasteiger partial charge is 0.305 e. The van der Waals surface area contributed by atoms with Crippen LogP contribution in [0.3, 0.4) is 0 Å². The van der Waals surface area contributed by atoms with Crippen LogP contribution < -0.4 is 0 Å². The van der Waals surface area contributed by atoms with Crippen molar-refractivity contribution >= 4 is 17.8 Å². The van der Waals surface area contributed by atoms with Crippen LogP contribution in [0.2, 0.25) is 0 Å². The molecule has 0 fully saturated rings. The summed E-state index contributed by atoms with van der Waals surface area (Å²) in [5.74, 6) is 1.28. The van der Waals surface area contributed by atoms with Gasteiger partial charge in [0.05, 0.1) is 13.2 Å². The maximum Gasteiger partial charge on any atom is 0.305 e. The molecule has 0 aromatic heterocycles. The van der Waals surface area contributed by atoms with Gasteiger partial charge in [-0.2, -0.15) is 0 Å². The van der Waals surface area contributed by atoms with Crippen molar-refractivity contribution in [1.82, 2.24) is 9.80 Å². The van der Waals surface area contributed by atoms with Crippen LogP contribution in [0.5, 0.6) is 0 Å². The van der Waals surface area contributed by atoms with E-state index in [1.807, 2.05) is 0 Å². The van der Waals surface area contributed by atoms with Gasteiger partial charge in [-0.15, -0.1) is 0 Å². The lowest BCUT2D eigenvalue weighted by atomic mass is 9.95. The van der Waals surface area contributed by atoms with Crippen molar-refractivity contribution in [3.8, 4) is 0 Å². The van der Waals surface area contributed by atoms with E-state index in [1.54, 1.807) is 0 Å². The summed E-state index contributed by atoms with van der Waals surface area (Å²) in [5, 5.41) is 0. The molecule has 0 aliphatic carbocycles. The molecular formula is C54H106N2O5. The zero-order valence-corrected chi connectivity index (χ0v) is 42.0. The molecule has 0 bridgehead atoms. The number of hydrogen-bond acceptors (Lipinski definition) is 6. The van der Waals surface area contributed by atoms with Gasteiger partial charge in [0.1, 0.15) is 0 Å². The Morgan fingerprint density at radius 2 is 0.672 bits per heavy atom. The molecule has 0 rings (SSSR count). The number of unbranched alkanes of at least 4 members (excludes halogenated alkanes) is 25. The molecule has 0 aromatic rings. The Bertz CT molecular complexity index is 958. The standard InChI is InChI=1S/C54H106N2O5/c1-7-11-15-19-24-32-40-50(38-30-17-13-9-3)48-60-53(58)43-35-27-21-22-29-37-45-56(47-46-55(5)6)52(57)42-34-26-23-28-36-44-54(59)61-49-51(39-31-18-14-10-4)41-33-25-20-16-12-8-2/h50-51H,7-49H2,1-6H3. The Kier molecular flexibility index (Phi) is 45.1. The topological polar surface area (TPSA) is 76.2 Å². The predicted octanol–water partition coefficient (Wildman–Crippen LogP) is 15.6. The molecule has 61 heavy (non-hydrogen) atoms. The molecule has 0 saturated carbocycles. The van der Waals surface area contributed by atoms with Crippen LogP contribution in [0.4, 0.5) is 0 Å². The highest BCUT2D eigenvalue weighted by molar-refractivity contribution is 5.76. The normalized spacial score (nSPS) is 12.5. The largest absolute Gasteiger partial charge is 0.465 e. The Morgan fingerprint density at radius 1 is 0.361 bits per heavy atom. The van der Waals surface area contributed by atoms with Gasteiger partial charge in [-0.3, -0.25) is 14.4 Å². The van der Waals surface area contributed by atoms with E-state index in [-0.39, 0.29) is 17.8 Å². The molecule has 2 unspecified atom stereocenters. The third-order valence-corrected chi connectivity index (χ3v) is 12.8. The van der Waals surface area contributed by atoms with E-state index in [2.05, 4.69) is 51.6 Å². The van der Waals surface area contributed by atoms with Gasteiger partial charge in [-0.1, -0.05) is 201 Å². The van der Waals surface area contributed by atoms with Gasteiger partial charge in [0.25, 0.3) is 0 Å². The first-order valence-corrected chi connectivity index (χ1v) is 27.0. The fourth-order valence-electron chi connectivity index (χ4n) is 8.53. The number of hydrogen-bond donors (Lipinski definition) is 0. The lowest BCUT2D eigenvalue weighted by Gasteiger charge is -2.24. The van der Waals surface area contributed by atoms with Gasteiger partial charge in [0.2, 0.25) is 5.91 Å². The summed E-state index contributed by atoms with van der Waals surface area (Å²) < 4.78 is 11.6. The average molecular weight is 863 g/mol. The highest BCUT2D eigenvalue weighted by Gasteiger charge is 2.16. The quantitative estimate of drug-likeness (QED) is 0.0448. The van der Waals surface area contributed by atoms with E-state index in [0.717, 1.165) is 90.3 Å². The summed E-state index contributed by atoms with van der Waals surface area (Å²) in [6, 6.07) is 0. The molecule has 0 aliphatic rings. The van der Waals surface area contributed by atoms with Crippen LogP contribution in [0, 0.1) is 11.8 Å². The zero-order valence-electron chi connectivity index (χ0n) is 42.0. The van der Waals surface area contributed by atoms with E-state index >= 15 is 0 Å².